The van der Waals surface area contributed by atoms with E-state index in [4.69, 9.17) is 0 Å². The van der Waals surface area contributed by atoms with Gasteiger partial charge in [-0.1, -0.05) is 0 Å². The molecule has 0 saturated carbocycles. The lowest BCUT2D eigenvalue weighted by molar-refractivity contribution is -0.141. The van der Waals surface area contributed by atoms with Gasteiger partial charge in [-0.15, -0.1) is 0 Å². The van der Waals surface area contributed by atoms with Crippen LogP contribution in [0.3, 0.4) is 0 Å². The van der Waals surface area contributed by atoms with Crippen LogP contribution in [0.2, 0.25) is 0 Å². The Morgan fingerprint density at radius 3 is 2.40 bits per heavy atom. The van der Waals surface area contributed by atoms with Crippen LogP contribution in [-0.4, -0.2) is 32.0 Å². The Morgan fingerprint density at radius 1 is 1.20 bits per heavy atom. The summed E-state index contributed by atoms with van der Waals surface area (Å²) < 4.78 is 41.0. The maximum absolute atomic E-state index is 12.6. The molecule has 0 radical (unpaired) electrons. The molecule has 0 unspecified atom stereocenters. The maximum atomic E-state index is 12.6. The zero-order valence-corrected chi connectivity index (χ0v) is 14.7. The van der Waals surface area contributed by atoms with E-state index in [2.05, 4.69) is 15.5 Å². The number of carbonyl (C=O) groups excluding carboxylic acids is 1. The van der Waals surface area contributed by atoms with Crippen molar-refractivity contribution in [3.63, 3.8) is 0 Å². The molecule has 2 rings (SSSR count). The summed E-state index contributed by atoms with van der Waals surface area (Å²) >= 11 is 0. The SMILES string of the molecule is CCn1nc(C)c(C(=O)NCCCn2nc(C(F)(F)F)cc2C)c1C. The zero-order valence-electron chi connectivity index (χ0n) is 14.7. The normalized spacial score (nSPS) is 11.8. The highest BCUT2D eigenvalue weighted by molar-refractivity contribution is 5.96. The quantitative estimate of drug-likeness (QED) is 0.809. The van der Waals surface area contributed by atoms with Crippen LogP contribution in [-0.2, 0) is 19.3 Å². The minimum absolute atomic E-state index is 0.220. The highest BCUT2D eigenvalue weighted by atomic mass is 19.4. The average Bonchev–Trinajstić information content (AvgIpc) is 3.03. The second kappa shape index (κ2) is 7.28. The summed E-state index contributed by atoms with van der Waals surface area (Å²) in [5, 5.41) is 10.7. The fourth-order valence-electron chi connectivity index (χ4n) is 2.73. The van der Waals surface area contributed by atoms with E-state index in [1.807, 2.05) is 13.8 Å². The van der Waals surface area contributed by atoms with Gasteiger partial charge in [-0.25, -0.2) is 0 Å². The highest BCUT2D eigenvalue weighted by Gasteiger charge is 2.34. The zero-order chi connectivity index (χ0) is 18.8. The van der Waals surface area contributed by atoms with Crippen LogP contribution in [0.4, 0.5) is 13.2 Å². The smallest absolute Gasteiger partial charge is 0.352 e. The summed E-state index contributed by atoms with van der Waals surface area (Å²) in [6.45, 7) is 8.46. The Balaban J connectivity index is 1.91. The van der Waals surface area contributed by atoms with Gasteiger partial charge in [0.15, 0.2) is 5.69 Å². The monoisotopic (exact) mass is 357 g/mol. The van der Waals surface area contributed by atoms with E-state index in [1.165, 1.54) is 4.68 Å². The largest absolute Gasteiger partial charge is 0.435 e. The lowest BCUT2D eigenvalue weighted by atomic mass is 10.2. The molecule has 2 aromatic heterocycles. The number of rotatable bonds is 6. The standard InChI is InChI=1S/C16H22F3N5O/c1-5-23-12(4)14(11(3)21-23)15(25)20-7-6-8-24-10(2)9-13(22-24)16(17,18)19/h9H,5-8H2,1-4H3,(H,20,25). The van der Waals surface area contributed by atoms with Gasteiger partial charge >= 0.3 is 6.18 Å². The molecule has 0 fully saturated rings. The molecule has 0 bridgehead atoms. The molecular weight excluding hydrogens is 335 g/mol. The first-order valence-electron chi connectivity index (χ1n) is 8.09. The molecule has 0 aromatic carbocycles. The lowest BCUT2D eigenvalue weighted by Crippen LogP contribution is -2.26. The van der Waals surface area contributed by atoms with Crippen LogP contribution >= 0.6 is 0 Å². The number of hydrogen-bond acceptors (Lipinski definition) is 3. The van der Waals surface area contributed by atoms with Crippen molar-refractivity contribution in [1.82, 2.24) is 24.9 Å². The number of hydrogen-bond donors (Lipinski definition) is 1. The molecule has 1 amide bonds. The van der Waals surface area contributed by atoms with Gasteiger partial charge in [-0.05, 0) is 40.2 Å². The Kier molecular flexibility index (Phi) is 5.54. The molecule has 2 heterocycles. The number of nitrogens with one attached hydrogen (secondary N) is 1. The van der Waals surface area contributed by atoms with Crippen molar-refractivity contribution in [1.29, 1.82) is 0 Å². The number of nitrogens with zero attached hydrogens (tertiary/aromatic N) is 4. The average molecular weight is 357 g/mol. The molecule has 6 nitrogen and oxygen atoms in total. The van der Waals surface area contributed by atoms with Crippen LogP contribution in [0, 0.1) is 20.8 Å². The van der Waals surface area contributed by atoms with Gasteiger partial charge in [0.2, 0.25) is 0 Å². The molecule has 0 aliphatic carbocycles. The van der Waals surface area contributed by atoms with Gasteiger partial charge in [-0.2, -0.15) is 23.4 Å². The Morgan fingerprint density at radius 2 is 1.88 bits per heavy atom. The summed E-state index contributed by atoms with van der Waals surface area (Å²) in [5.41, 5.74) is 1.56. The van der Waals surface area contributed by atoms with Gasteiger partial charge in [0.05, 0.1) is 11.3 Å². The minimum Gasteiger partial charge on any atom is -0.352 e. The molecule has 0 aliphatic heterocycles. The molecule has 9 heteroatoms. The molecule has 0 atom stereocenters. The van der Waals surface area contributed by atoms with Crippen LogP contribution < -0.4 is 5.32 Å². The van der Waals surface area contributed by atoms with Gasteiger partial charge in [0, 0.05) is 31.0 Å². The summed E-state index contributed by atoms with van der Waals surface area (Å²) in [5.74, 6) is -0.220. The van der Waals surface area contributed by atoms with E-state index in [0.717, 1.165) is 11.8 Å². The van der Waals surface area contributed by atoms with Crippen molar-refractivity contribution in [2.45, 2.75) is 53.4 Å². The third-order valence-corrected chi connectivity index (χ3v) is 4.01. The molecule has 1 N–H and O–H groups in total. The highest BCUT2D eigenvalue weighted by Crippen LogP contribution is 2.28. The second-order valence-corrected chi connectivity index (χ2v) is 5.86. The van der Waals surface area contributed by atoms with Crippen molar-refractivity contribution in [3.05, 3.63) is 34.4 Å². The fourth-order valence-corrected chi connectivity index (χ4v) is 2.73. The summed E-state index contributed by atoms with van der Waals surface area (Å²) in [6, 6.07) is 1.02. The van der Waals surface area contributed by atoms with E-state index in [1.54, 1.807) is 18.5 Å². The molecule has 0 aliphatic rings. The first-order chi connectivity index (χ1) is 11.6. The minimum atomic E-state index is -4.45. The van der Waals surface area contributed by atoms with Crippen LogP contribution in [0.15, 0.2) is 6.07 Å². The predicted octanol–water partition coefficient (Wildman–Crippen LogP) is 2.86. The van der Waals surface area contributed by atoms with E-state index in [-0.39, 0.29) is 5.91 Å². The van der Waals surface area contributed by atoms with Crippen molar-refractivity contribution >= 4 is 5.91 Å². The third-order valence-electron chi connectivity index (χ3n) is 4.01. The first kappa shape index (κ1) is 19.0. The third kappa shape index (κ3) is 4.21. The number of halogens is 3. The van der Waals surface area contributed by atoms with Gasteiger partial charge in [0.1, 0.15) is 0 Å². The van der Waals surface area contributed by atoms with Crippen molar-refractivity contribution in [3.8, 4) is 0 Å². The lowest BCUT2D eigenvalue weighted by Gasteiger charge is -2.07. The second-order valence-electron chi connectivity index (χ2n) is 5.86. The fraction of sp³-hybridized carbons (Fsp3) is 0.562. The van der Waals surface area contributed by atoms with Crippen LogP contribution in [0.5, 0.6) is 0 Å². The molecule has 0 spiro atoms. The first-order valence-corrected chi connectivity index (χ1v) is 8.09. The van der Waals surface area contributed by atoms with Crippen molar-refractivity contribution < 1.29 is 18.0 Å². The summed E-state index contributed by atoms with van der Waals surface area (Å²) in [4.78, 5) is 12.3. The number of amides is 1. The molecular formula is C16H22F3N5O. The van der Waals surface area contributed by atoms with E-state index < -0.39 is 11.9 Å². The van der Waals surface area contributed by atoms with Crippen molar-refractivity contribution in [2.24, 2.45) is 0 Å². The maximum Gasteiger partial charge on any atom is 0.435 e. The Labute approximate surface area is 144 Å². The molecule has 138 valence electrons. The number of alkyl halides is 3. The Hall–Kier alpha value is -2.32. The van der Waals surface area contributed by atoms with Gasteiger partial charge in [0.25, 0.3) is 5.91 Å². The van der Waals surface area contributed by atoms with Crippen molar-refractivity contribution in [2.75, 3.05) is 6.54 Å². The number of aromatic nitrogens is 4. The van der Waals surface area contributed by atoms with Gasteiger partial charge < -0.3 is 5.32 Å². The molecule has 25 heavy (non-hydrogen) atoms. The van der Waals surface area contributed by atoms with E-state index in [9.17, 15) is 18.0 Å². The number of carbonyl (C=O) groups is 1. The Bertz CT molecular complexity index is 761. The van der Waals surface area contributed by atoms with Crippen LogP contribution in [0.25, 0.3) is 0 Å². The van der Waals surface area contributed by atoms with Gasteiger partial charge in [-0.3, -0.25) is 14.2 Å². The van der Waals surface area contributed by atoms with E-state index >= 15 is 0 Å². The van der Waals surface area contributed by atoms with E-state index in [0.29, 0.717) is 43.0 Å². The van der Waals surface area contributed by atoms with Crippen LogP contribution in [0.1, 0.15) is 46.5 Å². The summed E-state index contributed by atoms with van der Waals surface area (Å²) in [7, 11) is 0. The topological polar surface area (TPSA) is 64.7 Å². The summed E-state index contributed by atoms with van der Waals surface area (Å²) in [6.07, 6.45) is -3.97. The predicted molar refractivity (Wildman–Crippen MR) is 86.3 cm³/mol. The molecule has 0 saturated heterocycles. The molecule has 2 aromatic rings. The number of aryl methyl sites for hydroxylation is 4.